The average molecular weight is 347 g/mol. The number of benzene rings is 1. The number of anilines is 1. The molecule has 0 aliphatic rings. The lowest BCUT2D eigenvalue weighted by Crippen LogP contribution is -2.11. The maximum Gasteiger partial charge on any atom is 0.257 e. The SMILES string of the molecule is Cc1cccc(C(=O)Nc2nnc(SCc3cccs3)s2)c1. The second-order valence-corrected chi connectivity index (χ2v) is 7.80. The van der Waals surface area contributed by atoms with E-state index in [1.54, 1.807) is 29.2 Å². The van der Waals surface area contributed by atoms with Crippen LogP contribution in [0.1, 0.15) is 20.8 Å². The quantitative estimate of drug-likeness (QED) is 0.547. The monoisotopic (exact) mass is 347 g/mol. The van der Waals surface area contributed by atoms with Gasteiger partial charge in [0, 0.05) is 16.2 Å². The van der Waals surface area contributed by atoms with Gasteiger partial charge in [-0.1, -0.05) is 46.9 Å². The van der Waals surface area contributed by atoms with E-state index in [1.807, 2.05) is 31.2 Å². The number of amides is 1. The zero-order valence-electron chi connectivity index (χ0n) is 11.8. The predicted octanol–water partition coefficient (Wildman–Crippen LogP) is 4.45. The van der Waals surface area contributed by atoms with E-state index >= 15 is 0 Å². The van der Waals surface area contributed by atoms with Crippen LogP contribution in [0.5, 0.6) is 0 Å². The number of carbonyl (C=O) groups is 1. The van der Waals surface area contributed by atoms with Crippen molar-refractivity contribution in [3.05, 3.63) is 57.8 Å². The molecule has 0 saturated heterocycles. The second kappa shape index (κ2) is 7.04. The number of hydrogen-bond acceptors (Lipinski definition) is 6. The van der Waals surface area contributed by atoms with Gasteiger partial charge in [0.15, 0.2) is 4.34 Å². The second-order valence-electron chi connectivity index (χ2n) is 4.56. The number of aromatic nitrogens is 2. The molecule has 2 aromatic heterocycles. The normalized spacial score (nSPS) is 10.6. The van der Waals surface area contributed by atoms with Crippen molar-refractivity contribution in [3.63, 3.8) is 0 Å². The molecule has 0 spiro atoms. The topological polar surface area (TPSA) is 54.9 Å². The lowest BCUT2D eigenvalue weighted by atomic mass is 10.1. The molecule has 0 unspecified atom stereocenters. The van der Waals surface area contributed by atoms with E-state index < -0.39 is 0 Å². The summed E-state index contributed by atoms with van der Waals surface area (Å²) in [6, 6.07) is 11.6. The van der Waals surface area contributed by atoms with Gasteiger partial charge in [0.25, 0.3) is 5.91 Å². The molecule has 1 aromatic carbocycles. The van der Waals surface area contributed by atoms with Crippen molar-refractivity contribution >= 4 is 45.5 Å². The molecule has 3 aromatic rings. The Kier molecular flexibility index (Phi) is 4.87. The molecule has 3 rings (SSSR count). The summed E-state index contributed by atoms with van der Waals surface area (Å²) in [5.41, 5.74) is 1.68. The summed E-state index contributed by atoms with van der Waals surface area (Å²) < 4.78 is 0.855. The first-order valence-electron chi connectivity index (χ1n) is 6.57. The highest BCUT2D eigenvalue weighted by Crippen LogP contribution is 2.29. The minimum absolute atomic E-state index is 0.158. The number of rotatable bonds is 5. The summed E-state index contributed by atoms with van der Waals surface area (Å²) >= 11 is 4.75. The fourth-order valence-corrected chi connectivity index (χ4v) is 4.32. The van der Waals surface area contributed by atoms with Gasteiger partial charge in [0.1, 0.15) is 0 Å². The van der Waals surface area contributed by atoms with E-state index in [9.17, 15) is 4.79 Å². The fourth-order valence-electron chi connectivity index (χ4n) is 1.80. The maximum absolute atomic E-state index is 12.1. The minimum atomic E-state index is -0.158. The summed E-state index contributed by atoms with van der Waals surface area (Å²) in [4.78, 5) is 13.4. The fraction of sp³-hybridized carbons (Fsp3) is 0.133. The third-order valence-electron chi connectivity index (χ3n) is 2.83. The third-order valence-corrected chi connectivity index (χ3v) is 5.91. The Hall–Kier alpha value is -1.70. The van der Waals surface area contributed by atoms with E-state index in [4.69, 9.17) is 0 Å². The molecule has 1 amide bonds. The Bertz CT molecular complexity index is 768. The van der Waals surface area contributed by atoms with Crippen molar-refractivity contribution in [2.45, 2.75) is 17.0 Å². The van der Waals surface area contributed by atoms with Gasteiger partial charge >= 0.3 is 0 Å². The van der Waals surface area contributed by atoms with Gasteiger partial charge in [-0.05, 0) is 30.5 Å². The van der Waals surface area contributed by atoms with Crippen molar-refractivity contribution < 1.29 is 4.79 Å². The Morgan fingerprint density at radius 1 is 1.27 bits per heavy atom. The van der Waals surface area contributed by atoms with E-state index in [0.717, 1.165) is 15.7 Å². The molecule has 4 nitrogen and oxygen atoms in total. The minimum Gasteiger partial charge on any atom is -0.296 e. The molecular formula is C15H13N3OS3. The van der Waals surface area contributed by atoms with Crippen molar-refractivity contribution in [2.75, 3.05) is 5.32 Å². The molecule has 1 N–H and O–H groups in total. The highest BCUT2D eigenvalue weighted by Gasteiger charge is 2.10. The molecule has 0 radical (unpaired) electrons. The summed E-state index contributed by atoms with van der Waals surface area (Å²) in [5.74, 6) is 0.715. The Morgan fingerprint density at radius 3 is 2.95 bits per heavy atom. The van der Waals surface area contributed by atoms with Crippen LogP contribution in [0.15, 0.2) is 46.1 Å². The zero-order chi connectivity index (χ0) is 15.4. The van der Waals surface area contributed by atoms with Crippen LogP contribution in [0.4, 0.5) is 5.13 Å². The predicted molar refractivity (Wildman–Crippen MR) is 92.9 cm³/mol. The van der Waals surface area contributed by atoms with Gasteiger partial charge < -0.3 is 0 Å². The van der Waals surface area contributed by atoms with Crippen LogP contribution in [0.25, 0.3) is 0 Å². The first-order valence-corrected chi connectivity index (χ1v) is 9.25. The molecule has 22 heavy (non-hydrogen) atoms. The number of thioether (sulfide) groups is 1. The zero-order valence-corrected chi connectivity index (χ0v) is 14.2. The molecule has 2 heterocycles. The van der Waals surface area contributed by atoms with Crippen LogP contribution in [0.2, 0.25) is 0 Å². The van der Waals surface area contributed by atoms with E-state index in [1.165, 1.54) is 16.2 Å². The van der Waals surface area contributed by atoms with E-state index in [-0.39, 0.29) is 5.91 Å². The van der Waals surface area contributed by atoms with Crippen LogP contribution in [-0.4, -0.2) is 16.1 Å². The molecular weight excluding hydrogens is 334 g/mol. The van der Waals surface area contributed by atoms with Gasteiger partial charge in [-0.25, -0.2) is 0 Å². The number of aryl methyl sites for hydroxylation is 1. The number of thiophene rings is 1. The molecule has 7 heteroatoms. The molecule has 112 valence electrons. The molecule has 0 atom stereocenters. The smallest absolute Gasteiger partial charge is 0.257 e. The van der Waals surface area contributed by atoms with E-state index in [2.05, 4.69) is 27.0 Å². The van der Waals surface area contributed by atoms with Gasteiger partial charge in [0.2, 0.25) is 5.13 Å². The van der Waals surface area contributed by atoms with Gasteiger partial charge in [-0.2, -0.15) is 0 Å². The van der Waals surface area contributed by atoms with Crippen molar-refractivity contribution in [1.82, 2.24) is 10.2 Å². The standard InChI is InChI=1S/C15H13N3OS3/c1-10-4-2-5-11(8-10)13(19)16-14-17-18-15(22-14)21-9-12-6-3-7-20-12/h2-8H,9H2,1H3,(H,16,17,19). The summed E-state index contributed by atoms with van der Waals surface area (Å²) in [7, 11) is 0. The van der Waals surface area contributed by atoms with Crippen molar-refractivity contribution in [3.8, 4) is 0 Å². The molecule has 0 fully saturated rings. The highest BCUT2D eigenvalue weighted by atomic mass is 32.2. The third kappa shape index (κ3) is 3.94. The lowest BCUT2D eigenvalue weighted by Gasteiger charge is -2.01. The van der Waals surface area contributed by atoms with Crippen molar-refractivity contribution in [1.29, 1.82) is 0 Å². The average Bonchev–Trinajstić information content (AvgIpc) is 3.16. The summed E-state index contributed by atoms with van der Waals surface area (Å²) in [6.07, 6.45) is 0. The number of nitrogens with zero attached hydrogens (tertiary/aromatic N) is 2. The molecule has 0 saturated carbocycles. The van der Waals surface area contributed by atoms with Gasteiger partial charge in [0.05, 0.1) is 0 Å². The number of hydrogen-bond donors (Lipinski definition) is 1. The van der Waals surface area contributed by atoms with Gasteiger partial charge in [-0.15, -0.1) is 21.5 Å². The van der Waals surface area contributed by atoms with Crippen LogP contribution in [-0.2, 0) is 5.75 Å². The van der Waals surface area contributed by atoms with Crippen LogP contribution < -0.4 is 5.32 Å². The molecule has 0 aliphatic carbocycles. The lowest BCUT2D eigenvalue weighted by molar-refractivity contribution is 0.102. The van der Waals surface area contributed by atoms with E-state index in [0.29, 0.717) is 10.7 Å². The Labute approximate surface area is 140 Å². The number of carbonyl (C=O) groups excluding carboxylic acids is 1. The van der Waals surface area contributed by atoms with Crippen LogP contribution in [0.3, 0.4) is 0 Å². The Morgan fingerprint density at radius 2 is 2.18 bits per heavy atom. The maximum atomic E-state index is 12.1. The molecule has 0 bridgehead atoms. The van der Waals surface area contributed by atoms with Crippen molar-refractivity contribution in [2.24, 2.45) is 0 Å². The summed E-state index contributed by atoms with van der Waals surface area (Å²) in [6.45, 7) is 1.96. The summed E-state index contributed by atoms with van der Waals surface area (Å²) in [5, 5.41) is 13.5. The van der Waals surface area contributed by atoms with Crippen LogP contribution in [0, 0.1) is 6.92 Å². The first-order chi connectivity index (χ1) is 10.7. The number of nitrogens with one attached hydrogen (secondary N) is 1. The Balaban J connectivity index is 1.60. The first kappa shape index (κ1) is 15.2. The van der Waals surface area contributed by atoms with Gasteiger partial charge in [-0.3, -0.25) is 10.1 Å². The van der Waals surface area contributed by atoms with Crippen LogP contribution >= 0.6 is 34.4 Å². The molecule has 0 aliphatic heterocycles. The largest absolute Gasteiger partial charge is 0.296 e. The highest BCUT2D eigenvalue weighted by molar-refractivity contribution is 8.00.